The number of ether oxygens (including phenoxy) is 6. The Morgan fingerprint density at radius 3 is 1.56 bits per heavy atom. The van der Waals surface area contributed by atoms with Crippen LogP contribution in [-0.4, -0.2) is 215 Å². The average Bonchev–Trinajstić information content (AvgIpc) is 3.55. The zero-order valence-corrected chi connectivity index (χ0v) is 48.2. The van der Waals surface area contributed by atoms with Crippen LogP contribution in [0.1, 0.15) is 207 Å². The predicted molar refractivity (Wildman–Crippen MR) is 292 cm³/mol. The maximum atomic E-state index is 13.3. The lowest BCUT2D eigenvalue weighted by Crippen LogP contribution is -2.70. The molecular formula is C57H106N2O21. The summed E-state index contributed by atoms with van der Waals surface area (Å²) in [5, 5.41) is 135. The van der Waals surface area contributed by atoms with E-state index >= 15 is 0 Å². The summed E-state index contributed by atoms with van der Waals surface area (Å²) in [5.74, 6) is -6.10. The van der Waals surface area contributed by atoms with Crippen LogP contribution in [0.3, 0.4) is 0 Å². The molecule has 0 bridgehead atoms. The van der Waals surface area contributed by atoms with Crippen LogP contribution in [0.15, 0.2) is 0 Å². The molecule has 3 saturated heterocycles. The highest BCUT2D eigenvalue weighted by Crippen LogP contribution is 2.38. The van der Waals surface area contributed by atoms with E-state index in [1.54, 1.807) is 0 Å². The van der Waals surface area contributed by atoms with Crippen molar-refractivity contribution < 1.29 is 104 Å². The summed E-state index contributed by atoms with van der Waals surface area (Å²) in [6.07, 6.45) is 1.36. The van der Waals surface area contributed by atoms with Crippen molar-refractivity contribution in [3.05, 3.63) is 0 Å². The molecule has 470 valence electrons. The van der Waals surface area contributed by atoms with Crippen molar-refractivity contribution in [1.82, 2.24) is 10.6 Å². The molecular weight excluding hydrogens is 1050 g/mol. The van der Waals surface area contributed by atoms with E-state index < -0.39 is 148 Å². The Hall–Kier alpha value is -2.27. The third-order valence-corrected chi connectivity index (χ3v) is 15.8. The van der Waals surface area contributed by atoms with Crippen LogP contribution < -0.4 is 10.6 Å². The lowest BCUT2D eigenvalue weighted by molar-refractivity contribution is -0.386. The van der Waals surface area contributed by atoms with Gasteiger partial charge in [-0.05, 0) is 12.8 Å². The first kappa shape index (κ1) is 72.0. The van der Waals surface area contributed by atoms with Crippen molar-refractivity contribution in [3.63, 3.8) is 0 Å². The van der Waals surface area contributed by atoms with Gasteiger partial charge in [-0.2, -0.15) is 0 Å². The van der Waals surface area contributed by atoms with Crippen LogP contribution in [0.2, 0.25) is 0 Å². The fourth-order valence-corrected chi connectivity index (χ4v) is 10.9. The number of carbonyl (C=O) groups is 3. The predicted octanol–water partition coefficient (Wildman–Crippen LogP) is 2.61. The molecule has 23 heteroatoms. The Morgan fingerprint density at radius 2 is 1.09 bits per heavy atom. The zero-order valence-electron chi connectivity index (χ0n) is 48.2. The number of carboxylic acid groups (broad SMARTS) is 1. The van der Waals surface area contributed by atoms with Crippen molar-refractivity contribution in [3.8, 4) is 0 Å². The molecule has 0 aromatic rings. The third-order valence-electron chi connectivity index (χ3n) is 15.8. The quantitative estimate of drug-likeness (QED) is 0.0390. The molecule has 0 radical (unpaired) electrons. The minimum atomic E-state index is -3.07. The van der Waals surface area contributed by atoms with Gasteiger partial charge < -0.3 is 100 Å². The van der Waals surface area contributed by atoms with Crippen LogP contribution in [-0.2, 0) is 42.8 Å². The molecule has 3 rings (SSSR count). The van der Waals surface area contributed by atoms with Crippen LogP contribution in [0.25, 0.3) is 0 Å². The number of unbranched alkanes of at least 4 members (excludes halogenated alkanes) is 24. The highest BCUT2D eigenvalue weighted by Gasteiger charge is 2.60. The molecule has 0 aromatic heterocycles. The summed E-state index contributed by atoms with van der Waals surface area (Å²) in [5.41, 5.74) is 0. The van der Waals surface area contributed by atoms with E-state index in [4.69, 9.17) is 28.4 Å². The van der Waals surface area contributed by atoms with Crippen LogP contribution >= 0.6 is 0 Å². The van der Waals surface area contributed by atoms with E-state index in [1.165, 1.54) is 103 Å². The van der Waals surface area contributed by atoms with Gasteiger partial charge in [-0.15, -0.1) is 0 Å². The first-order valence-corrected chi connectivity index (χ1v) is 30.4. The largest absolute Gasteiger partial charge is 0.477 e. The maximum Gasteiger partial charge on any atom is 0.364 e. The number of rotatable bonds is 44. The van der Waals surface area contributed by atoms with Crippen LogP contribution in [0.5, 0.6) is 0 Å². The maximum absolute atomic E-state index is 13.3. The van der Waals surface area contributed by atoms with E-state index in [0.29, 0.717) is 19.3 Å². The number of aliphatic hydroxyl groups excluding tert-OH is 11. The highest BCUT2D eigenvalue weighted by molar-refractivity contribution is 5.77. The molecule has 3 fully saturated rings. The molecule has 23 nitrogen and oxygen atoms in total. The average molecular weight is 1160 g/mol. The van der Waals surface area contributed by atoms with E-state index in [1.807, 2.05) is 0 Å². The Balaban J connectivity index is 1.66. The second-order valence-corrected chi connectivity index (χ2v) is 22.6. The SMILES string of the molecule is CCCCCCCCCCCCCCCCCC(O)C(COC1OC(CO)C(OC2OC(CO)C(O)C(OC3(C(=O)O)CC(O)C(NC(C)=O)C(C(O)C(O)CO)O3)C2O)C(O)C1O)NC(=O)CCCCCCCCCCCCC. The molecule has 0 spiro atoms. The standard InChI is InChI=1S/C57H106N2O21/c1-4-6-8-10-12-14-16-17-18-19-21-22-24-26-28-30-39(64)38(59-44(67)31-29-27-25-23-20-15-13-11-9-7-5-2)36-75-54-49(71)48(70)51(43(35-62)77-54)78-55-50(72)53(47(69)42(34-61)76-55)80-57(56(73)74)32-40(65)45(58-37(3)63)52(79-57)46(68)41(66)33-60/h38-43,45-55,60-62,64-66,68-72H,4-36H2,1-3H3,(H,58,63)(H,59,67)(H,73,74). The van der Waals surface area contributed by atoms with Crippen molar-refractivity contribution in [2.75, 3.05) is 26.4 Å². The summed E-state index contributed by atoms with van der Waals surface area (Å²) in [6.45, 7) is 2.16. The molecule has 3 heterocycles. The second-order valence-electron chi connectivity index (χ2n) is 22.6. The van der Waals surface area contributed by atoms with Gasteiger partial charge in [0.1, 0.15) is 67.1 Å². The number of aliphatic carboxylic acids is 1. The van der Waals surface area contributed by atoms with E-state index in [2.05, 4.69) is 24.5 Å². The topological polar surface area (TPSA) is 373 Å². The first-order valence-electron chi connectivity index (χ1n) is 30.4. The molecule has 3 aliphatic heterocycles. The van der Waals surface area contributed by atoms with Gasteiger partial charge in [0.15, 0.2) is 12.6 Å². The number of amides is 2. The van der Waals surface area contributed by atoms with E-state index in [0.717, 1.165) is 58.3 Å². The van der Waals surface area contributed by atoms with Gasteiger partial charge in [0.05, 0.1) is 50.7 Å². The second kappa shape index (κ2) is 40.1. The van der Waals surface area contributed by atoms with Gasteiger partial charge in [0.25, 0.3) is 5.79 Å². The van der Waals surface area contributed by atoms with Crippen molar-refractivity contribution in [2.45, 2.75) is 317 Å². The van der Waals surface area contributed by atoms with E-state index in [9.17, 15) is 75.7 Å². The van der Waals surface area contributed by atoms with Gasteiger partial charge >= 0.3 is 5.97 Å². The highest BCUT2D eigenvalue weighted by atomic mass is 16.8. The number of nitrogens with one attached hydrogen (secondary N) is 2. The smallest absolute Gasteiger partial charge is 0.364 e. The summed E-state index contributed by atoms with van der Waals surface area (Å²) in [4.78, 5) is 38.3. The van der Waals surface area contributed by atoms with Crippen molar-refractivity contribution in [1.29, 1.82) is 0 Å². The summed E-state index contributed by atoms with van der Waals surface area (Å²) in [6, 6.07) is -2.52. The lowest BCUT2D eigenvalue weighted by Gasteiger charge is -2.50. The zero-order chi connectivity index (χ0) is 59.0. The van der Waals surface area contributed by atoms with Crippen LogP contribution in [0.4, 0.5) is 0 Å². The van der Waals surface area contributed by atoms with Crippen molar-refractivity contribution >= 4 is 17.8 Å². The fraction of sp³-hybridized carbons (Fsp3) is 0.947. The minimum Gasteiger partial charge on any atom is -0.477 e. The third kappa shape index (κ3) is 24.4. The van der Waals surface area contributed by atoms with Gasteiger partial charge in [-0.1, -0.05) is 174 Å². The number of carboxylic acids is 1. The number of hydrogen-bond acceptors (Lipinski definition) is 20. The lowest BCUT2D eigenvalue weighted by atomic mass is 9.88. The number of hydrogen-bond donors (Lipinski definition) is 14. The molecule has 14 N–H and O–H groups in total. The molecule has 0 aromatic carbocycles. The fourth-order valence-electron chi connectivity index (χ4n) is 10.9. The normalized spacial score (nSPS) is 30.6. The number of carbonyl (C=O) groups excluding carboxylic acids is 2. The molecule has 0 aliphatic carbocycles. The summed E-state index contributed by atoms with van der Waals surface area (Å²) < 4.78 is 34.7. The van der Waals surface area contributed by atoms with Gasteiger partial charge in [-0.3, -0.25) is 9.59 Å². The Morgan fingerprint density at radius 1 is 0.600 bits per heavy atom. The molecule has 3 aliphatic rings. The molecule has 18 unspecified atom stereocenters. The van der Waals surface area contributed by atoms with E-state index in [-0.39, 0.29) is 18.9 Å². The van der Waals surface area contributed by atoms with Gasteiger partial charge in [-0.25, -0.2) is 4.79 Å². The Bertz CT molecular complexity index is 1660. The molecule has 80 heavy (non-hydrogen) atoms. The molecule has 0 saturated carbocycles. The molecule has 18 atom stereocenters. The van der Waals surface area contributed by atoms with Crippen molar-refractivity contribution in [2.24, 2.45) is 0 Å². The van der Waals surface area contributed by atoms with Gasteiger partial charge in [0, 0.05) is 19.8 Å². The number of aliphatic hydroxyl groups is 11. The summed E-state index contributed by atoms with van der Waals surface area (Å²) in [7, 11) is 0. The minimum absolute atomic E-state index is 0.227. The van der Waals surface area contributed by atoms with Gasteiger partial charge in [0.2, 0.25) is 11.8 Å². The monoisotopic (exact) mass is 1150 g/mol. The Kier molecular flexibility index (Phi) is 36.1. The summed E-state index contributed by atoms with van der Waals surface area (Å²) >= 11 is 0. The first-order chi connectivity index (χ1) is 38.4. The van der Waals surface area contributed by atoms with Crippen LogP contribution in [0, 0.1) is 0 Å². The molecule has 2 amide bonds. The Labute approximate surface area is 474 Å².